The number of rotatable bonds is 1. The van der Waals surface area contributed by atoms with Gasteiger partial charge in [-0.05, 0) is 24.5 Å². The second kappa shape index (κ2) is 5.26. The number of allylic oxidation sites excluding steroid dienone is 1. The molecule has 6 nitrogen and oxygen atoms in total. The summed E-state index contributed by atoms with van der Waals surface area (Å²) in [4.78, 5) is 22.1. The zero-order valence-electron chi connectivity index (χ0n) is 12.2. The van der Waals surface area contributed by atoms with E-state index >= 15 is 0 Å². The van der Waals surface area contributed by atoms with Crippen molar-refractivity contribution in [2.75, 3.05) is 11.4 Å². The number of ketones is 1. The minimum absolute atomic E-state index is 0.00712. The molecule has 0 bridgehead atoms. The number of fused-ring (bicyclic) bond motifs is 1. The number of nitrogens with one attached hydrogen (secondary N) is 1. The van der Waals surface area contributed by atoms with E-state index in [1.54, 1.807) is 18.3 Å². The fourth-order valence-corrected chi connectivity index (χ4v) is 4.14. The molecule has 1 unspecified atom stereocenters. The third-order valence-electron chi connectivity index (χ3n) is 4.59. The van der Waals surface area contributed by atoms with Crippen LogP contribution >= 0.6 is 9.24 Å². The molecule has 3 rings (SSSR count). The molecule has 2 aliphatic rings. The maximum atomic E-state index is 12.2. The fraction of sp³-hybridized carbons (Fsp3) is 0.400. The number of hydrogen-bond acceptors (Lipinski definition) is 5. The molecule has 0 radical (unpaired) electrons. The van der Waals surface area contributed by atoms with Gasteiger partial charge >= 0.3 is 0 Å². The van der Waals surface area contributed by atoms with Crippen LogP contribution in [0.15, 0.2) is 30.2 Å². The van der Waals surface area contributed by atoms with Crippen molar-refractivity contribution in [1.82, 2.24) is 9.97 Å². The number of carbonyl (C=O) groups is 1. The Kier molecular flexibility index (Phi) is 3.54. The average Bonchev–Trinajstić information content (AvgIpc) is 2.54. The van der Waals surface area contributed by atoms with E-state index in [1.807, 2.05) is 17.9 Å². The summed E-state index contributed by atoms with van der Waals surface area (Å²) < 4.78 is 0. The largest absolute Gasteiger partial charge is 0.314 e. The molecule has 7 heteroatoms. The Morgan fingerprint density at radius 1 is 1.59 bits per heavy atom. The summed E-state index contributed by atoms with van der Waals surface area (Å²) in [5, 5.41) is 17.1. The Bertz CT molecular complexity index is 710. The van der Waals surface area contributed by atoms with Gasteiger partial charge in [-0.1, -0.05) is 6.92 Å². The smallest absolute Gasteiger partial charge is 0.176 e. The average molecular weight is 313 g/mol. The molecule has 1 aliphatic carbocycles. The minimum Gasteiger partial charge on any atom is -0.314 e. The molecule has 1 aromatic heterocycles. The summed E-state index contributed by atoms with van der Waals surface area (Å²) in [5.74, 6) is 0.642. The van der Waals surface area contributed by atoms with Gasteiger partial charge in [-0.15, -0.1) is 9.24 Å². The first-order valence-corrected chi connectivity index (χ1v) is 7.65. The third-order valence-corrected chi connectivity index (χ3v) is 5.45. The SMILES string of the molecule is C[C@H]1C(=O)C(C#N)=C[C@@]2(P)C(=N)N(c3ccncn3)CC[C@H]12. The number of amidine groups is 1. The molecular weight excluding hydrogens is 297 g/mol. The van der Waals surface area contributed by atoms with Crippen LogP contribution in [0, 0.1) is 28.6 Å². The number of anilines is 1. The predicted molar refractivity (Wildman–Crippen MR) is 85.5 cm³/mol. The highest BCUT2D eigenvalue weighted by Crippen LogP contribution is 2.47. The van der Waals surface area contributed by atoms with Gasteiger partial charge in [-0.25, -0.2) is 9.97 Å². The van der Waals surface area contributed by atoms with Crippen LogP contribution in [0.5, 0.6) is 0 Å². The van der Waals surface area contributed by atoms with Crippen molar-refractivity contribution in [3.63, 3.8) is 0 Å². The molecule has 4 atom stereocenters. The Labute approximate surface area is 131 Å². The molecule has 2 heterocycles. The van der Waals surface area contributed by atoms with Crippen molar-refractivity contribution < 1.29 is 4.79 Å². The van der Waals surface area contributed by atoms with Gasteiger partial charge in [-0.2, -0.15) is 5.26 Å². The quantitative estimate of drug-likeness (QED) is 0.794. The highest BCUT2D eigenvalue weighted by molar-refractivity contribution is 7.21. The Morgan fingerprint density at radius 2 is 2.36 bits per heavy atom. The summed E-state index contributed by atoms with van der Waals surface area (Å²) >= 11 is 0. The van der Waals surface area contributed by atoms with Crippen molar-refractivity contribution in [2.45, 2.75) is 18.5 Å². The standard InChI is InChI=1S/C15H16N5OP/c1-9-11-3-5-20(12-2-4-18-8-19-12)14(17)15(11,22)6-10(7-16)13(9)21/h2,4,6,8-9,11,17H,3,5,22H2,1H3/t9-,11-,15+/m1/s1. The highest BCUT2D eigenvalue weighted by Gasteiger charge is 2.51. The van der Waals surface area contributed by atoms with E-state index in [0.29, 0.717) is 18.2 Å². The van der Waals surface area contributed by atoms with Gasteiger partial charge in [0.25, 0.3) is 0 Å². The van der Waals surface area contributed by atoms with Gasteiger partial charge < -0.3 is 4.90 Å². The lowest BCUT2D eigenvalue weighted by Crippen LogP contribution is -2.58. The summed E-state index contributed by atoms with van der Waals surface area (Å²) in [6, 6.07) is 3.73. The number of nitrogens with zero attached hydrogens (tertiary/aromatic N) is 4. The predicted octanol–water partition coefficient (Wildman–Crippen LogP) is 1.56. The van der Waals surface area contributed by atoms with Crippen LogP contribution in [-0.2, 0) is 4.79 Å². The Morgan fingerprint density at radius 3 is 3.00 bits per heavy atom. The van der Waals surface area contributed by atoms with Crippen LogP contribution in [-0.4, -0.2) is 33.3 Å². The zero-order valence-corrected chi connectivity index (χ0v) is 13.3. The topological polar surface area (TPSA) is 93.7 Å². The van der Waals surface area contributed by atoms with Crippen LogP contribution in [0.4, 0.5) is 5.82 Å². The van der Waals surface area contributed by atoms with Crippen molar-refractivity contribution in [3.05, 3.63) is 30.2 Å². The fourth-order valence-electron chi connectivity index (χ4n) is 3.37. The van der Waals surface area contributed by atoms with Gasteiger partial charge in [0.05, 0.1) is 10.7 Å². The number of nitriles is 1. The van der Waals surface area contributed by atoms with E-state index in [-0.39, 0.29) is 23.2 Å². The highest BCUT2D eigenvalue weighted by atomic mass is 31.0. The van der Waals surface area contributed by atoms with Gasteiger partial charge in [-0.3, -0.25) is 10.2 Å². The molecule has 0 amide bonds. The molecule has 1 aliphatic heterocycles. The van der Waals surface area contributed by atoms with Gasteiger partial charge in [0.15, 0.2) is 5.78 Å². The lowest BCUT2D eigenvalue weighted by molar-refractivity contribution is -0.120. The number of piperidine rings is 1. The maximum Gasteiger partial charge on any atom is 0.176 e. The van der Waals surface area contributed by atoms with Gasteiger partial charge in [0.1, 0.15) is 24.1 Å². The molecule has 1 N–H and O–H groups in total. The molecule has 0 aromatic carbocycles. The first kappa shape index (κ1) is 14.8. The lowest BCUT2D eigenvalue weighted by Gasteiger charge is -2.49. The number of Topliss-reactive ketones (excluding diaryl/α,β-unsaturated/α-hetero) is 1. The van der Waals surface area contributed by atoms with E-state index in [1.165, 1.54) is 6.33 Å². The van der Waals surface area contributed by atoms with Crippen LogP contribution in [0.3, 0.4) is 0 Å². The van der Waals surface area contributed by atoms with Crippen LogP contribution in [0.2, 0.25) is 0 Å². The summed E-state index contributed by atoms with van der Waals surface area (Å²) in [5.41, 5.74) is 0.146. The molecule has 1 saturated heterocycles. The lowest BCUT2D eigenvalue weighted by atomic mass is 9.68. The van der Waals surface area contributed by atoms with Crippen LogP contribution in [0.1, 0.15) is 13.3 Å². The normalized spacial score (nSPS) is 31.3. The monoisotopic (exact) mass is 313 g/mol. The maximum absolute atomic E-state index is 12.2. The van der Waals surface area contributed by atoms with Crippen molar-refractivity contribution in [1.29, 1.82) is 10.7 Å². The Balaban J connectivity index is 2.05. The van der Waals surface area contributed by atoms with E-state index in [9.17, 15) is 10.1 Å². The van der Waals surface area contributed by atoms with Crippen LogP contribution < -0.4 is 4.90 Å². The molecule has 1 aromatic rings. The van der Waals surface area contributed by atoms with E-state index in [0.717, 1.165) is 6.42 Å². The molecule has 112 valence electrons. The van der Waals surface area contributed by atoms with Gasteiger partial charge in [0.2, 0.25) is 0 Å². The first-order chi connectivity index (χ1) is 10.5. The molecule has 0 spiro atoms. The third kappa shape index (κ3) is 2.05. The first-order valence-electron chi connectivity index (χ1n) is 7.07. The minimum atomic E-state index is -0.707. The zero-order chi connectivity index (χ0) is 15.9. The second-order valence-electron chi connectivity index (χ2n) is 5.72. The van der Waals surface area contributed by atoms with E-state index in [2.05, 4.69) is 19.2 Å². The second-order valence-corrected chi connectivity index (χ2v) is 6.67. The van der Waals surface area contributed by atoms with Crippen molar-refractivity contribution in [2.24, 2.45) is 11.8 Å². The van der Waals surface area contributed by atoms with Crippen LogP contribution in [0.25, 0.3) is 0 Å². The molecule has 22 heavy (non-hydrogen) atoms. The number of aromatic nitrogens is 2. The summed E-state index contributed by atoms with van der Waals surface area (Å²) in [6.45, 7) is 2.48. The van der Waals surface area contributed by atoms with Crippen molar-refractivity contribution in [3.8, 4) is 6.07 Å². The Hall–Kier alpha value is -2.12. The number of hydrogen-bond donors (Lipinski definition) is 1. The molecule has 0 saturated carbocycles. The van der Waals surface area contributed by atoms with E-state index < -0.39 is 5.16 Å². The molecular formula is C15H16N5OP. The van der Waals surface area contributed by atoms with E-state index in [4.69, 9.17) is 5.41 Å². The summed E-state index contributed by atoms with van der Waals surface area (Å²) in [7, 11) is 2.69. The molecule has 1 fully saturated rings. The van der Waals surface area contributed by atoms with Crippen molar-refractivity contribution >= 4 is 26.7 Å². The van der Waals surface area contributed by atoms with Gasteiger partial charge in [0, 0.05) is 18.7 Å². The summed E-state index contributed by atoms with van der Waals surface area (Å²) in [6.07, 6.45) is 5.49. The number of carbonyl (C=O) groups excluding carboxylic acids is 1.